The Bertz CT molecular complexity index is 1150. The van der Waals surface area contributed by atoms with Crippen molar-refractivity contribution in [3.8, 4) is 0 Å². The van der Waals surface area contributed by atoms with Gasteiger partial charge in [-0.25, -0.2) is 4.98 Å². The van der Waals surface area contributed by atoms with Gasteiger partial charge in [0.05, 0.1) is 16.4 Å². The lowest BCUT2D eigenvalue weighted by atomic mass is 10.2. The Morgan fingerprint density at radius 1 is 1.07 bits per heavy atom. The van der Waals surface area contributed by atoms with Crippen LogP contribution in [0.3, 0.4) is 0 Å². The summed E-state index contributed by atoms with van der Waals surface area (Å²) in [6.07, 6.45) is 1.67. The second kappa shape index (κ2) is 8.04. The van der Waals surface area contributed by atoms with Crippen molar-refractivity contribution in [1.82, 2.24) is 4.98 Å². The summed E-state index contributed by atoms with van der Waals surface area (Å²) >= 11 is 4.85. The number of hydrogen-bond acceptors (Lipinski definition) is 4. The van der Waals surface area contributed by atoms with Crippen molar-refractivity contribution in [2.45, 2.75) is 6.92 Å². The normalized spacial score (nSPS) is 11.2. The molecule has 0 radical (unpaired) electrons. The molecule has 1 aromatic heterocycles. The van der Waals surface area contributed by atoms with Gasteiger partial charge in [-0.05, 0) is 54.4 Å². The van der Waals surface area contributed by atoms with Crippen molar-refractivity contribution < 1.29 is 4.79 Å². The highest BCUT2D eigenvalue weighted by Crippen LogP contribution is 2.30. The fourth-order valence-corrected chi connectivity index (χ4v) is 3.96. The van der Waals surface area contributed by atoms with Crippen molar-refractivity contribution in [3.63, 3.8) is 0 Å². The van der Waals surface area contributed by atoms with Gasteiger partial charge in [0, 0.05) is 10.0 Å². The number of rotatable bonds is 4. The minimum atomic E-state index is -0.226. The Hall–Kier alpha value is -2.83. The largest absolute Gasteiger partial charge is 0.280 e. The molecule has 0 bridgehead atoms. The lowest BCUT2D eigenvalue weighted by molar-refractivity contribution is 0.0988. The molecule has 1 heterocycles. The number of anilines is 1. The number of amides is 1. The lowest BCUT2D eigenvalue weighted by Crippen LogP contribution is -2.25. The zero-order valence-electron chi connectivity index (χ0n) is 15.0. The summed E-state index contributed by atoms with van der Waals surface area (Å²) in [5.41, 5.74) is 3.47. The SMILES string of the molecule is Cc1ccc2nc(N(/N=C/c3ccccc3)C(=O)c3ccc(Br)cc3)sc2c1. The third-order valence-corrected chi connectivity index (χ3v) is 5.64. The molecule has 28 heavy (non-hydrogen) atoms. The van der Waals surface area contributed by atoms with Gasteiger partial charge in [0.15, 0.2) is 0 Å². The molecule has 0 N–H and O–H groups in total. The molecule has 0 saturated carbocycles. The van der Waals surface area contributed by atoms with Crippen LogP contribution in [0.2, 0.25) is 0 Å². The topological polar surface area (TPSA) is 45.6 Å². The molecule has 0 fully saturated rings. The van der Waals surface area contributed by atoms with Gasteiger partial charge in [-0.3, -0.25) is 4.79 Å². The van der Waals surface area contributed by atoms with Gasteiger partial charge in [-0.2, -0.15) is 10.1 Å². The minimum absolute atomic E-state index is 0.226. The second-order valence-electron chi connectivity index (χ2n) is 6.25. The van der Waals surface area contributed by atoms with E-state index >= 15 is 0 Å². The van der Waals surface area contributed by atoms with Gasteiger partial charge in [-0.1, -0.05) is 63.7 Å². The van der Waals surface area contributed by atoms with E-state index in [1.54, 1.807) is 18.3 Å². The number of nitrogens with zero attached hydrogens (tertiary/aromatic N) is 3. The molecule has 0 aliphatic heterocycles. The quantitative estimate of drug-likeness (QED) is 0.281. The summed E-state index contributed by atoms with van der Waals surface area (Å²) in [5, 5.41) is 6.39. The Labute approximate surface area is 175 Å². The monoisotopic (exact) mass is 449 g/mol. The summed E-state index contributed by atoms with van der Waals surface area (Å²) in [6.45, 7) is 2.04. The number of aryl methyl sites for hydroxylation is 1. The summed E-state index contributed by atoms with van der Waals surface area (Å²) in [5.74, 6) is -0.226. The van der Waals surface area contributed by atoms with Crippen molar-refractivity contribution in [1.29, 1.82) is 0 Å². The predicted molar refractivity (Wildman–Crippen MR) is 119 cm³/mol. The molecule has 1 amide bonds. The molecule has 6 heteroatoms. The molecule has 138 valence electrons. The molecule has 3 aromatic carbocycles. The number of benzene rings is 3. The maximum atomic E-state index is 13.2. The van der Waals surface area contributed by atoms with Crippen LogP contribution >= 0.6 is 27.3 Å². The van der Waals surface area contributed by atoms with E-state index in [0.717, 1.165) is 25.8 Å². The summed E-state index contributed by atoms with van der Waals surface area (Å²) in [4.78, 5) is 17.8. The second-order valence-corrected chi connectivity index (χ2v) is 8.17. The molecule has 4 nitrogen and oxygen atoms in total. The van der Waals surface area contributed by atoms with Crippen LogP contribution in [0.1, 0.15) is 21.5 Å². The summed E-state index contributed by atoms with van der Waals surface area (Å²) in [7, 11) is 0. The number of thiazole rings is 1. The average Bonchev–Trinajstić information content (AvgIpc) is 3.12. The van der Waals surface area contributed by atoms with Crippen LogP contribution in [-0.2, 0) is 0 Å². The Balaban J connectivity index is 1.76. The van der Waals surface area contributed by atoms with Crippen LogP contribution in [0.4, 0.5) is 5.13 Å². The lowest BCUT2D eigenvalue weighted by Gasteiger charge is -2.13. The zero-order valence-corrected chi connectivity index (χ0v) is 17.4. The standard InChI is InChI=1S/C22H16BrN3OS/c1-15-7-12-19-20(13-15)28-22(25-19)26(24-14-16-5-3-2-4-6-16)21(27)17-8-10-18(23)11-9-17/h2-14H,1H3/b24-14+. The maximum Gasteiger partial charge on any atom is 0.280 e. The fourth-order valence-electron chi connectivity index (χ4n) is 2.68. The summed E-state index contributed by atoms with van der Waals surface area (Å²) < 4.78 is 1.94. The van der Waals surface area contributed by atoms with Crippen LogP contribution in [0.25, 0.3) is 10.2 Å². The van der Waals surface area contributed by atoms with Gasteiger partial charge in [0.25, 0.3) is 5.91 Å². The molecule has 4 aromatic rings. The molecular weight excluding hydrogens is 434 g/mol. The van der Waals surface area contributed by atoms with Gasteiger partial charge in [-0.15, -0.1) is 0 Å². The highest BCUT2D eigenvalue weighted by atomic mass is 79.9. The molecular formula is C22H16BrN3OS. The van der Waals surface area contributed by atoms with E-state index in [1.807, 2.05) is 61.5 Å². The first-order chi connectivity index (χ1) is 13.6. The van der Waals surface area contributed by atoms with E-state index in [1.165, 1.54) is 16.3 Å². The van der Waals surface area contributed by atoms with E-state index in [4.69, 9.17) is 0 Å². The fraction of sp³-hybridized carbons (Fsp3) is 0.0455. The van der Waals surface area contributed by atoms with Gasteiger partial charge in [0.2, 0.25) is 5.13 Å². The number of carbonyl (C=O) groups excluding carboxylic acids is 1. The summed E-state index contributed by atoms with van der Waals surface area (Å²) in [6, 6.07) is 23.0. The Morgan fingerprint density at radius 2 is 1.82 bits per heavy atom. The van der Waals surface area contributed by atoms with Gasteiger partial charge < -0.3 is 0 Å². The molecule has 0 spiro atoms. The first-order valence-electron chi connectivity index (χ1n) is 8.66. The van der Waals surface area contributed by atoms with Gasteiger partial charge in [0.1, 0.15) is 0 Å². The minimum Gasteiger partial charge on any atom is -0.267 e. The third-order valence-electron chi connectivity index (χ3n) is 4.12. The molecule has 4 rings (SSSR count). The van der Waals surface area contributed by atoms with Gasteiger partial charge >= 0.3 is 0 Å². The average molecular weight is 450 g/mol. The van der Waals surface area contributed by atoms with E-state index in [0.29, 0.717) is 10.7 Å². The number of hydrazone groups is 1. The Kier molecular flexibility index (Phi) is 5.32. The first kappa shape index (κ1) is 18.5. The van der Waals surface area contributed by atoms with Crippen molar-refractivity contribution in [2.75, 3.05) is 5.01 Å². The maximum absolute atomic E-state index is 13.2. The highest BCUT2D eigenvalue weighted by molar-refractivity contribution is 9.10. The van der Waals surface area contributed by atoms with E-state index in [2.05, 4.69) is 32.1 Å². The number of aromatic nitrogens is 1. The molecule has 0 saturated heterocycles. The smallest absolute Gasteiger partial charge is 0.267 e. The van der Waals surface area contributed by atoms with E-state index < -0.39 is 0 Å². The first-order valence-corrected chi connectivity index (χ1v) is 10.3. The van der Waals surface area contributed by atoms with Crippen LogP contribution in [0.5, 0.6) is 0 Å². The molecule has 0 atom stereocenters. The van der Waals surface area contributed by atoms with E-state index in [-0.39, 0.29) is 5.91 Å². The van der Waals surface area contributed by atoms with Crippen molar-refractivity contribution in [3.05, 3.63) is 94.0 Å². The molecule has 0 unspecified atom stereocenters. The molecule has 0 aliphatic carbocycles. The predicted octanol–water partition coefficient (Wildman–Crippen LogP) is 6.05. The number of fused-ring (bicyclic) bond motifs is 1. The Morgan fingerprint density at radius 3 is 2.57 bits per heavy atom. The van der Waals surface area contributed by atoms with Crippen molar-refractivity contribution in [2.24, 2.45) is 5.10 Å². The van der Waals surface area contributed by atoms with Crippen LogP contribution in [-0.4, -0.2) is 17.1 Å². The van der Waals surface area contributed by atoms with Crippen LogP contribution in [0, 0.1) is 6.92 Å². The van der Waals surface area contributed by atoms with Crippen molar-refractivity contribution >= 4 is 54.7 Å². The van der Waals surface area contributed by atoms with Crippen LogP contribution < -0.4 is 5.01 Å². The third kappa shape index (κ3) is 4.03. The number of halogens is 1. The number of hydrogen-bond donors (Lipinski definition) is 0. The highest BCUT2D eigenvalue weighted by Gasteiger charge is 2.21. The zero-order chi connectivity index (χ0) is 19.5. The number of carbonyl (C=O) groups is 1. The van der Waals surface area contributed by atoms with Crippen LogP contribution in [0.15, 0.2) is 82.4 Å². The molecule has 0 aliphatic rings. The van der Waals surface area contributed by atoms with E-state index in [9.17, 15) is 4.79 Å².